The van der Waals surface area contributed by atoms with Crippen molar-refractivity contribution < 1.29 is 24.2 Å². The Morgan fingerprint density at radius 2 is 2.22 bits per heavy atom. The molecule has 2 atom stereocenters. The number of amides is 2. The second-order valence-corrected chi connectivity index (χ2v) is 3.97. The van der Waals surface area contributed by atoms with Crippen molar-refractivity contribution in [3.05, 3.63) is 0 Å². The molecule has 0 saturated carbocycles. The van der Waals surface area contributed by atoms with Crippen molar-refractivity contribution in [2.45, 2.75) is 25.0 Å². The van der Waals surface area contributed by atoms with Gasteiger partial charge >= 0.3 is 5.97 Å². The molecule has 18 heavy (non-hydrogen) atoms. The lowest BCUT2D eigenvalue weighted by molar-refractivity contribution is -0.145. The summed E-state index contributed by atoms with van der Waals surface area (Å²) in [6.45, 7) is 1.40. The second-order valence-electron chi connectivity index (χ2n) is 3.97. The average molecular weight is 259 g/mol. The Labute approximate surface area is 104 Å². The lowest BCUT2D eigenvalue weighted by Crippen LogP contribution is -2.52. The van der Waals surface area contributed by atoms with E-state index < -0.39 is 29.9 Å². The van der Waals surface area contributed by atoms with E-state index in [4.69, 9.17) is 15.6 Å². The maximum atomic E-state index is 11.7. The Morgan fingerprint density at radius 3 is 2.72 bits per heavy atom. The lowest BCUT2D eigenvalue weighted by atomic mass is 10.1. The van der Waals surface area contributed by atoms with Gasteiger partial charge in [0.2, 0.25) is 5.91 Å². The summed E-state index contributed by atoms with van der Waals surface area (Å²) in [5, 5.41) is 14.2. The van der Waals surface area contributed by atoms with Crippen LogP contribution in [0.3, 0.4) is 0 Å². The molecule has 0 aliphatic carbocycles. The van der Waals surface area contributed by atoms with E-state index in [1.54, 1.807) is 0 Å². The first-order valence-electron chi connectivity index (χ1n) is 5.64. The standard InChI is InChI=1S/C10H17N3O5/c11-8(14)2-1-6(10(16)17)13-9(15)7-5-12-3-4-18-7/h6-7,12H,1-5H2,(H2,11,14)(H,13,15)(H,16,17). The molecule has 1 rings (SSSR count). The first kappa shape index (κ1) is 14.4. The van der Waals surface area contributed by atoms with Crippen LogP contribution >= 0.6 is 0 Å². The lowest BCUT2D eigenvalue weighted by Gasteiger charge is -2.24. The summed E-state index contributed by atoms with van der Waals surface area (Å²) in [7, 11) is 0. The van der Waals surface area contributed by atoms with E-state index in [-0.39, 0.29) is 12.8 Å². The number of primary amides is 1. The molecular formula is C10H17N3O5. The van der Waals surface area contributed by atoms with Crippen LogP contribution in [0.2, 0.25) is 0 Å². The molecule has 0 radical (unpaired) electrons. The highest BCUT2D eigenvalue weighted by Gasteiger charge is 2.27. The van der Waals surface area contributed by atoms with E-state index in [1.165, 1.54) is 0 Å². The van der Waals surface area contributed by atoms with Crippen LogP contribution in [-0.2, 0) is 19.1 Å². The van der Waals surface area contributed by atoms with Gasteiger partial charge in [0, 0.05) is 19.5 Å². The number of hydrogen-bond donors (Lipinski definition) is 4. The fourth-order valence-electron chi connectivity index (χ4n) is 1.54. The minimum Gasteiger partial charge on any atom is -0.480 e. The van der Waals surface area contributed by atoms with Crippen molar-refractivity contribution in [1.29, 1.82) is 0 Å². The van der Waals surface area contributed by atoms with Gasteiger partial charge in [-0.15, -0.1) is 0 Å². The molecular weight excluding hydrogens is 242 g/mol. The number of carboxylic acid groups (broad SMARTS) is 1. The van der Waals surface area contributed by atoms with Crippen molar-refractivity contribution in [3.63, 3.8) is 0 Å². The van der Waals surface area contributed by atoms with Gasteiger partial charge in [-0.3, -0.25) is 9.59 Å². The van der Waals surface area contributed by atoms with Gasteiger partial charge in [-0.25, -0.2) is 4.79 Å². The van der Waals surface area contributed by atoms with Gasteiger partial charge < -0.3 is 26.2 Å². The molecule has 0 bridgehead atoms. The number of ether oxygens (including phenoxy) is 1. The monoisotopic (exact) mass is 259 g/mol. The first-order chi connectivity index (χ1) is 8.50. The number of carboxylic acids is 1. The van der Waals surface area contributed by atoms with Crippen LogP contribution in [0.5, 0.6) is 0 Å². The summed E-state index contributed by atoms with van der Waals surface area (Å²) >= 11 is 0. The van der Waals surface area contributed by atoms with Crippen LogP contribution in [0.15, 0.2) is 0 Å². The number of aliphatic carboxylic acids is 1. The average Bonchev–Trinajstić information content (AvgIpc) is 2.34. The fraction of sp³-hybridized carbons (Fsp3) is 0.700. The fourth-order valence-corrected chi connectivity index (χ4v) is 1.54. The number of carbonyl (C=O) groups is 3. The minimum absolute atomic E-state index is 0.0312. The van der Waals surface area contributed by atoms with E-state index in [0.717, 1.165) is 0 Å². The topological polar surface area (TPSA) is 131 Å². The number of nitrogens with two attached hydrogens (primary N) is 1. The zero-order valence-electron chi connectivity index (χ0n) is 9.85. The van der Waals surface area contributed by atoms with E-state index >= 15 is 0 Å². The van der Waals surface area contributed by atoms with Crippen molar-refractivity contribution >= 4 is 17.8 Å². The second kappa shape index (κ2) is 6.92. The molecule has 2 unspecified atom stereocenters. The predicted octanol–water partition coefficient (Wildman–Crippen LogP) is -2.19. The van der Waals surface area contributed by atoms with E-state index in [9.17, 15) is 14.4 Å². The van der Waals surface area contributed by atoms with Crippen LogP contribution in [0.4, 0.5) is 0 Å². The normalized spacial score (nSPS) is 21.0. The number of rotatable bonds is 6. The molecule has 1 aliphatic heterocycles. The van der Waals surface area contributed by atoms with Crippen molar-refractivity contribution in [1.82, 2.24) is 10.6 Å². The molecule has 0 aromatic heterocycles. The van der Waals surface area contributed by atoms with Crippen LogP contribution in [0.25, 0.3) is 0 Å². The minimum atomic E-state index is -1.20. The smallest absolute Gasteiger partial charge is 0.326 e. The molecule has 8 heteroatoms. The van der Waals surface area contributed by atoms with Gasteiger partial charge in [-0.1, -0.05) is 0 Å². The molecule has 1 heterocycles. The van der Waals surface area contributed by atoms with Crippen molar-refractivity contribution in [3.8, 4) is 0 Å². The summed E-state index contributed by atoms with van der Waals surface area (Å²) < 4.78 is 5.19. The third kappa shape index (κ3) is 4.68. The SMILES string of the molecule is NC(=O)CCC(NC(=O)C1CNCCO1)C(=O)O. The van der Waals surface area contributed by atoms with Crippen LogP contribution in [-0.4, -0.2) is 54.7 Å². The summed E-state index contributed by atoms with van der Waals surface area (Å²) in [4.78, 5) is 33.2. The number of nitrogens with one attached hydrogen (secondary N) is 2. The zero-order valence-corrected chi connectivity index (χ0v) is 9.85. The van der Waals surface area contributed by atoms with E-state index in [0.29, 0.717) is 19.7 Å². The Kier molecular flexibility index (Phi) is 5.53. The Hall–Kier alpha value is -1.67. The number of carbonyl (C=O) groups excluding carboxylic acids is 2. The Bertz CT molecular complexity index is 327. The van der Waals surface area contributed by atoms with Crippen LogP contribution < -0.4 is 16.4 Å². The number of hydrogen-bond acceptors (Lipinski definition) is 5. The molecule has 1 saturated heterocycles. The molecule has 102 valence electrons. The molecule has 0 aromatic carbocycles. The van der Waals surface area contributed by atoms with Gasteiger partial charge in [0.05, 0.1) is 6.61 Å². The first-order valence-corrected chi connectivity index (χ1v) is 5.64. The summed E-state index contributed by atoms with van der Waals surface area (Å²) in [6, 6.07) is -1.13. The summed E-state index contributed by atoms with van der Waals surface area (Å²) in [5.74, 6) is -2.31. The molecule has 1 aliphatic rings. The molecule has 0 aromatic rings. The van der Waals surface area contributed by atoms with Crippen LogP contribution in [0.1, 0.15) is 12.8 Å². The van der Waals surface area contributed by atoms with Gasteiger partial charge in [0.1, 0.15) is 12.1 Å². The van der Waals surface area contributed by atoms with Crippen molar-refractivity contribution in [2.24, 2.45) is 5.73 Å². The molecule has 1 fully saturated rings. The number of morpholine rings is 1. The molecule has 5 N–H and O–H groups in total. The van der Waals surface area contributed by atoms with Gasteiger partial charge in [0.15, 0.2) is 0 Å². The highest BCUT2D eigenvalue weighted by atomic mass is 16.5. The summed E-state index contributed by atoms with van der Waals surface area (Å²) in [5.41, 5.74) is 4.94. The van der Waals surface area contributed by atoms with Gasteiger partial charge in [-0.05, 0) is 6.42 Å². The van der Waals surface area contributed by atoms with E-state index in [1.807, 2.05) is 0 Å². The largest absolute Gasteiger partial charge is 0.480 e. The molecule has 2 amide bonds. The Morgan fingerprint density at radius 1 is 1.50 bits per heavy atom. The summed E-state index contributed by atoms with van der Waals surface area (Å²) in [6.07, 6.45) is -0.827. The van der Waals surface area contributed by atoms with Gasteiger partial charge in [0.25, 0.3) is 5.91 Å². The maximum absolute atomic E-state index is 11.7. The highest BCUT2D eigenvalue weighted by molar-refractivity contribution is 5.87. The van der Waals surface area contributed by atoms with Gasteiger partial charge in [-0.2, -0.15) is 0 Å². The van der Waals surface area contributed by atoms with Crippen LogP contribution in [0, 0.1) is 0 Å². The predicted molar refractivity (Wildman–Crippen MR) is 60.6 cm³/mol. The molecule has 8 nitrogen and oxygen atoms in total. The zero-order chi connectivity index (χ0) is 13.5. The third-order valence-corrected chi connectivity index (χ3v) is 2.51. The quantitative estimate of drug-likeness (QED) is 0.428. The third-order valence-electron chi connectivity index (χ3n) is 2.51. The van der Waals surface area contributed by atoms with Crippen molar-refractivity contribution in [2.75, 3.05) is 19.7 Å². The Balaban J connectivity index is 2.46. The van der Waals surface area contributed by atoms with E-state index in [2.05, 4.69) is 10.6 Å². The maximum Gasteiger partial charge on any atom is 0.326 e. The highest BCUT2D eigenvalue weighted by Crippen LogP contribution is 2.01. The molecule has 0 spiro atoms.